The van der Waals surface area contributed by atoms with Crippen molar-refractivity contribution in [2.75, 3.05) is 26.9 Å². The van der Waals surface area contributed by atoms with E-state index in [0.717, 1.165) is 27.2 Å². The number of cyclic esters (lactones) is 1. The van der Waals surface area contributed by atoms with E-state index in [1.165, 1.54) is 7.11 Å². The number of hydrogen-bond acceptors (Lipinski definition) is 8. The number of hydrogen-bond donors (Lipinski definition) is 1. The zero-order chi connectivity index (χ0) is 27.9. The van der Waals surface area contributed by atoms with E-state index < -0.39 is 36.0 Å². The predicted molar refractivity (Wildman–Crippen MR) is 142 cm³/mol. The molecule has 206 valence electrons. The fraction of sp³-hybridized carbons (Fsp3) is 0.367. The highest BCUT2D eigenvalue weighted by molar-refractivity contribution is 6.14. The summed E-state index contributed by atoms with van der Waals surface area (Å²) >= 11 is 0. The van der Waals surface area contributed by atoms with E-state index >= 15 is 0 Å². The standard InChI is InChI=1S/C30H33NO8/c1-19-9-7-12-22(17-19)23-18-25(38-24(23)13-8-15-37-16-14-32)26(33)28(36-3)29(34)31-20(2)27(39-30(31)35)21-10-5-4-6-11-21/h4-7,9-12,17-18,20,27-28,32H,8,13-16H2,1-3H3. The van der Waals surface area contributed by atoms with Crippen molar-refractivity contribution in [1.82, 2.24) is 4.90 Å². The second-order valence-corrected chi connectivity index (χ2v) is 9.40. The molecule has 2 aromatic carbocycles. The number of aryl methyl sites for hydroxylation is 2. The minimum Gasteiger partial charge on any atom is -0.457 e. The summed E-state index contributed by atoms with van der Waals surface area (Å²) in [5.74, 6) is -0.983. The molecule has 1 aromatic heterocycles. The lowest BCUT2D eigenvalue weighted by atomic mass is 10.0. The molecule has 1 aliphatic heterocycles. The summed E-state index contributed by atoms with van der Waals surface area (Å²) in [6, 6.07) is 17.9. The molecule has 1 saturated heterocycles. The van der Waals surface area contributed by atoms with Gasteiger partial charge in [0.05, 0.1) is 19.3 Å². The first-order valence-corrected chi connectivity index (χ1v) is 12.9. The molecule has 9 nitrogen and oxygen atoms in total. The third-order valence-electron chi connectivity index (χ3n) is 6.64. The Morgan fingerprint density at radius 1 is 1.08 bits per heavy atom. The van der Waals surface area contributed by atoms with E-state index in [2.05, 4.69) is 0 Å². The maximum atomic E-state index is 13.5. The highest BCUT2D eigenvalue weighted by Gasteiger charge is 2.47. The minimum atomic E-state index is -1.59. The number of benzene rings is 2. The molecule has 0 aliphatic carbocycles. The van der Waals surface area contributed by atoms with Crippen LogP contribution in [0.3, 0.4) is 0 Å². The van der Waals surface area contributed by atoms with Crippen LogP contribution in [0.25, 0.3) is 11.1 Å². The zero-order valence-electron chi connectivity index (χ0n) is 22.3. The van der Waals surface area contributed by atoms with Crippen LogP contribution in [0, 0.1) is 6.92 Å². The molecule has 0 bridgehead atoms. The highest BCUT2D eigenvalue weighted by atomic mass is 16.6. The monoisotopic (exact) mass is 535 g/mol. The van der Waals surface area contributed by atoms with Gasteiger partial charge in [0.15, 0.2) is 5.76 Å². The number of carbonyl (C=O) groups excluding carboxylic acids is 3. The Bertz CT molecular complexity index is 1300. The predicted octanol–water partition coefficient (Wildman–Crippen LogP) is 4.50. The summed E-state index contributed by atoms with van der Waals surface area (Å²) in [6.07, 6.45) is -2.01. The Morgan fingerprint density at radius 2 is 1.85 bits per heavy atom. The van der Waals surface area contributed by atoms with Crippen molar-refractivity contribution in [3.8, 4) is 11.1 Å². The molecule has 4 rings (SSSR count). The molecule has 1 fully saturated rings. The molecule has 39 heavy (non-hydrogen) atoms. The number of aliphatic hydroxyl groups is 1. The van der Waals surface area contributed by atoms with Crippen LogP contribution in [0.4, 0.5) is 4.79 Å². The van der Waals surface area contributed by atoms with Crippen molar-refractivity contribution in [2.45, 2.75) is 44.9 Å². The molecule has 3 unspecified atom stereocenters. The summed E-state index contributed by atoms with van der Waals surface area (Å²) in [5, 5.41) is 8.92. The van der Waals surface area contributed by atoms with E-state index in [1.54, 1.807) is 13.0 Å². The van der Waals surface area contributed by atoms with Crippen LogP contribution >= 0.6 is 0 Å². The molecule has 0 radical (unpaired) electrons. The van der Waals surface area contributed by atoms with Gasteiger partial charge in [0.1, 0.15) is 11.9 Å². The van der Waals surface area contributed by atoms with Crippen LogP contribution < -0.4 is 0 Å². The second-order valence-electron chi connectivity index (χ2n) is 9.40. The summed E-state index contributed by atoms with van der Waals surface area (Å²) in [4.78, 5) is 40.7. The van der Waals surface area contributed by atoms with E-state index in [9.17, 15) is 14.4 Å². The van der Waals surface area contributed by atoms with E-state index in [1.807, 2.05) is 61.5 Å². The topological polar surface area (TPSA) is 116 Å². The van der Waals surface area contributed by atoms with E-state index in [4.69, 9.17) is 23.7 Å². The molecule has 2 amide bonds. The number of carbonyl (C=O) groups is 3. The maximum absolute atomic E-state index is 13.5. The van der Waals surface area contributed by atoms with Gasteiger partial charge in [-0.3, -0.25) is 9.59 Å². The zero-order valence-corrected chi connectivity index (χ0v) is 22.3. The quantitative estimate of drug-likeness (QED) is 0.205. The second kappa shape index (κ2) is 12.8. The van der Waals surface area contributed by atoms with Crippen molar-refractivity contribution < 1.29 is 38.1 Å². The molecule has 0 spiro atoms. The number of ketones is 1. The third kappa shape index (κ3) is 6.27. The number of nitrogens with zero attached hydrogens (tertiary/aromatic N) is 1. The Hall–Kier alpha value is -3.79. The summed E-state index contributed by atoms with van der Waals surface area (Å²) in [7, 11) is 1.24. The van der Waals surface area contributed by atoms with Gasteiger partial charge in [0, 0.05) is 25.7 Å². The molecule has 1 aliphatic rings. The minimum absolute atomic E-state index is 0.0437. The molecular formula is C30H33NO8. The van der Waals surface area contributed by atoms with Crippen molar-refractivity contribution in [2.24, 2.45) is 0 Å². The van der Waals surface area contributed by atoms with Gasteiger partial charge in [-0.25, -0.2) is 9.69 Å². The number of Topliss-reactive ketones (excluding diaryl/α,β-unsaturated/α-hetero) is 1. The number of aliphatic hydroxyl groups excluding tert-OH is 1. The molecule has 3 atom stereocenters. The maximum Gasteiger partial charge on any atom is 0.417 e. The first kappa shape index (κ1) is 28.2. The average molecular weight is 536 g/mol. The molecular weight excluding hydrogens is 502 g/mol. The first-order valence-electron chi connectivity index (χ1n) is 12.9. The Labute approximate surface area is 227 Å². The van der Waals surface area contributed by atoms with Crippen molar-refractivity contribution in [1.29, 1.82) is 0 Å². The third-order valence-corrected chi connectivity index (χ3v) is 6.64. The highest BCUT2D eigenvalue weighted by Crippen LogP contribution is 2.34. The summed E-state index contributed by atoms with van der Waals surface area (Å²) in [5.41, 5.74) is 3.38. The molecule has 0 saturated carbocycles. The summed E-state index contributed by atoms with van der Waals surface area (Å²) in [6.45, 7) is 4.25. The SMILES string of the molecule is COC(C(=O)c1cc(-c2cccc(C)c2)c(CCCOCCO)o1)C(=O)N1C(=O)OC(c2ccccc2)C1C. The Kier molecular flexibility index (Phi) is 9.29. The number of rotatable bonds is 12. The van der Waals surface area contributed by atoms with Crippen molar-refractivity contribution in [3.63, 3.8) is 0 Å². The average Bonchev–Trinajstić information content (AvgIpc) is 3.49. The van der Waals surface area contributed by atoms with Gasteiger partial charge in [-0.1, -0.05) is 60.2 Å². The Balaban J connectivity index is 1.58. The van der Waals surface area contributed by atoms with Crippen LogP contribution in [-0.2, 0) is 25.4 Å². The van der Waals surface area contributed by atoms with Gasteiger partial charge in [-0.15, -0.1) is 0 Å². The van der Waals surface area contributed by atoms with Gasteiger partial charge in [0.25, 0.3) is 5.91 Å². The largest absolute Gasteiger partial charge is 0.457 e. The van der Waals surface area contributed by atoms with Crippen LogP contribution in [0.15, 0.2) is 65.1 Å². The van der Waals surface area contributed by atoms with Crippen molar-refractivity contribution >= 4 is 17.8 Å². The van der Waals surface area contributed by atoms with Gasteiger partial charge in [-0.05, 0) is 37.5 Å². The van der Waals surface area contributed by atoms with Crippen molar-refractivity contribution in [3.05, 3.63) is 83.3 Å². The first-order chi connectivity index (χ1) is 18.8. The fourth-order valence-corrected chi connectivity index (χ4v) is 4.72. The molecule has 9 heteroatoms. The smallest absolute Gasteiger partial charge is 0.417 e. The number of amides is 2. The molecule has 1 N–H and O–H groups in total. The van der Waals surface area contributed by atoms with Gasteiger partial charge >= 0.3 is 6.09 Å². The fourth-order valence-electron chi connectivity index (χ4n) is 4.72. The number of imide groups is 1. The summed E-state index contributed by atoms with van der Waals surface area (Å²) < 4.78 is 22.2. The van der Waals surface area contributed by atoms with Gasteiger partial charge in [-0.2, -0.15) is 0 Å². The molecule has 2 heterocycles. The lowest BCUT2D eigenvalue weighted by Crippen LogP contribution is -2.47. The van der Waals surface area contributed by atoms with Crippen LogP contribution in [0.1, 0.15) is 46.9 Å². The molecule has 3 aromatic rings. The van der Waals surface area contributed by atoms with E-state index in [-0.39, 0.29) is 19.0 Å². The van der Waals surface area contributed by atoms with E-state index in [0.29, 0.717) is 25.2 Å². The lowest BCUT2D eigenvalue weighted by molar-refractivity contribution is -0.137. The van der Waals surface area contributed by atoms with Crippen LogP contribution in [0.5, 0.6) is 0 Å². The van der Waals surface area contributed by atoms with Crippen LogP contribution in [-0.4, -0.2) is 66.9 Å². The van der Waals surface area contributed by atoms with Gasteiger partial charge < -0.3 is 23.7 Å². The van der Waals surface area contributed by atoms with Gasteiger partial charge in [0.2, 0.25) is 11.9 Å². The number of ether oxygens (including phenoxy) is 3. The van der Waals surface area contributed by atoms with Crippen LogP contribution in [0.2, 0.25) is 0 Å². The number of methoxy groups -OCH3 is 1. The lowest BCUT2D eigenvalue weighted by Gasteiger charge is -2.22. The number of furan rings is 1. The normalized spacial score (nSPS) is 17.7. The Morgan fingerprint density at radius 3 is 2.54 bits per heavy atom.